The Hall–Kier alpha value is -2.63. The molecule has 0 atom stereocenters. The molecule has 0 saturated heterocycles. The van der Waals surface area contributed by atoms with Gasteiger partial charge in [-0.05, 0) is 74.6 Å². The number of carbonyl (C=O) groups excluding carboxylic acids is 1. The van der Waals surface area contributed by atoms with Gasteiger partial charge >= 0.3 is 0 Å². The molecule has 0 spiro atoms. The standard InChI is InChI=1S/C22H23N3OS/c1-25(2)16-14-17-6-10-19(11-7-17)24-22(26)18-8-12-20(13-9-18)27-21-5-3-4-15-23-21/h3-13,15H,14,16H2,1-2H3,(H,24,26). The number of amides is 1. The summed E-state index contributed by atoms with van der Waals surface area (Å²) in [4.78, 5) is 20.0. The van der Waals surface area contributed by atoms with Crippen molar-refractivity contribution in [1.29, 1.82) is 0 Å². The van der Waals surface area contributed by atoms with Gasteiger partial charge in [0.05, 0.1) is 0 Å². The Kier molecular flexibility index (Phi) is 6.63. The van der Waals surface area contributed by atoms with Crippen molar-refractivity contribution in [2.24, 2.45) is 0 Å². The molecule has 2 aromatic carbocycles. The Morgan fingerprint density at radius 1 is 1.00 bits per heavy atom. The molecule has 1 amide bonds. The van der Waals surface area contributed by atoms with Crippen LogP contribution in [0.25, 0.3) is 0 Å². The molecule has 138 valence electrons. The molecule has 0 unspecified atom stereocenters. The quantitative estimate of drug-likeness (QED) is 0.654. The highest BCUT2D eigenvalue weighted by Gasteiger charge is 2.07. The number of rotatable bonds is 7. The smallest absolute Gasteiger partial charge is 0.255 e. The lowest BCUT2D eigenvalue weighted by Crippen LogP contribution is -2.15. The van der Waals surface area contributed by atoms with Crippen molar-refractivity contribution in [2.75, 3.05) is 26.0 Å². The molecule has 0 saturated carbocycles. The minimum Gasteiger partial charge on any atom is -0.322 e. The van der Waals surface area contributed by atoms with Crippen molar-refractivity contribution >= 4 is 23.4 Å². The number of nitrogens with zero attached hydrogens (tertiary/aromatic N) is 2. The number of aromatic nitrogens is 1. The average Bonchev–Trinajstić information content (AvgIpc) is 2.69. The maximum absolute atomic E-state index is 12.4. The predicted octanol–water partition coefficient (Wildman–Crippen LogP) is 4.59. The summed E-state index contributed by atoms with van der Waals surface area (Å²) in [6.07, 6.45) is 2.77. The van der Waals surface area contributed by atoms with Gasteiger partial charge in [0.15, 0.2) is 0 Å². The second-order valence-electron chi connectivity index (χ2n) is 6.50. The van der Waals surface area contributed by atoms with Crippen molar-refractivity contribution in [2.45, 2.75) is 16.3 Å². The zero-order valence-electron chi connectivity index (χ0n) is 15.6. The number of carbonyl (C=O) groups is 1. The van der Waals surface area contributed by atoms with Crippen LogP contribution >= 0.6 is 11.8 Å². The molecule has 1 aromatic heterocycles. The van der Waals surface area contributed by atoms with Crippen molar-refractivity contribution in [3.05, 3.63) is 84.1 Å². The van der Waals surface area contributed by atoms with Gasteiger partial charge in [-0.15, -0.1) is 0 Å². The summed E-state index contributed by atoms with van der Waals surface area (Å²) in [5.74, 6) is -0.106. The van der Waals surface area contributed by atoms with Crippen molar-refractivity contribution in [3.8, 4) is 0 Å². The molecule has 3 rings (SSSR count). The minimum absolute atomic E-state index is 0.106. The Morgan fingerprint density at radius 3 is 2.37 bits per heavy atom. The van der Waals surface area contributed by atoms with Gasteiger partial charge in [0.2, 0.25) is 0 Å². The Morgan fingerprint density at radius 2 is 1.74 bits per heavy atom. The zero-order chi connectivity index (χ0) is 19.1. The maximum atomic E-state index is 12.4. The summed E-state index contributed by atoms with van der Waals surface area (Å²) in [5.41, 5.74) is 2.70. The van der Waals surface area contributed by atoms with E-state index in [-0.39, 0.29) is 5.91 Å². The second kappa shape index (κ2) is 9.35. The summed E-state index contributed by atoms with van der Waals surface area (Å²) < 4.78 is 0. The fraction of sp³-hybridized carbons (Fsp3) is 0.182. The first kappa shape index (κ1) is 19.1. The van der Waals surface area contributed by atoms with E-state index in [1.165, 1.54) is 5.56 Å². The van der Waals surface area contributed by atoms with E-state index in [0.717, 1.165) is 28.6 Å². The average molecular weight is 378 g/mol. The number of pyridine rings is 1. The third-order valence-corrected chi connectivity index (χ3v) is 4.99. The number of likely N-dealkylation sites (N-methyl/N-ethyl adjacent to an activating group) is 1. The van der Waals surface area contributed by atoms with Gasteiger partial charge in [-0.3, -0.25) is 4.79 Å². The van der Waals surface area contributed by atoms with Gasteiger partial charge < -0.3 is 10.2 Å². The molecule has 1 heterocycles. The van der Waals surface area contributed by atoms with E-state index in [1.54, 1.807) is 18.0 Å². The molecule has 5 heteroatoms. The van der Waals surface area contributed by atoms with Crippen LogP contribution in [0.4, 0.5) is 5.69 Å². The summed E-state index contributed by atoms with van der Waals surface area (Å²) in [6, 6.07) is 21.4. The van der Waals surface area contributed by atoms with E-state index >= 15 is 0 Å². The van der Waals surface area contributed by atoms with Crippen molar-refractivity contribution in [3.63, 3.8) is 0 Å². The van der Waals surface area contributed by atoms with E-state index in [0.29, 0.717) is 5.56 Å². The molecule has 1 N–H and O–H groups in total. The zero-order valence-corrected chi connectivity index (χ0v) is 16.4. The van der Waals surface area contributed by atoms with Gasteiger partial charge in [0, 0.05) is 28.9 Å². The van der Waals surface area contributed by atoms with Gasteiger partial charge in [0.25, 0.3) is 5.91 Å². The minimum atomic E-state index is -0.106. The number of anilines is 1. The van der Waals surface area contributed by atoms with E-state index in [1.807, 2.05) is 54.6 Å². The largest absolute Gasteiger partial charge is 0.322 e. The lowest BCUT2D eigenvalue weighted by molar-refractivity contribution is 0.102. The summed E-state index contributed by atoms with van der Waals surface area (Å²) in [6.45, 7) is 1.01. The lowest BCUT2D eigenvalue weighted by Gasteiger charge is -2.10. The molecular weight excluding hydrogens is 354 g/mol. The van der Waals surface area contributed by atoms with Crippen LogP contribution in [0.5, 0.6) is 0 Å². The van der Waals surface area contributed by atoms with E-state index in [4.69, 9.17) is 0 Å². The first-order valence-electron chi connectivity index (χ1n) is 8.84. The van der Waals surface area contributed by atoms with E-state index in [2.05, 4.69) is 41.4 Å². The predicted molar refractivity (Wildman–Crippen MR) is 111 cm³/mol. The SMILES string of the molecule is CN(C)CCc1ccc(NC(=O)c2ccc(Sc3ccccn3)cc2)cc1. The molecule has 3 aromatic rings. The first-order valence-corrected chi connectivity index (χ1v) is 9.66. The van der Waals surface area contributed by atoms with Gasteiger partial charge in [0.1, 0.15) is 5.03 Å². The van der Waals surface area contributed by atoms with Gasteiger partial charge in [-0.25, -0.2) is 4.98 Å². The lowest BCUT2D eigenvalue weighted by atomic mass is 10.1. The van der Waals surface area contributed by atoms with Crippen LogP contribution in [-0.2, 0) is 6.42 Å². The van der Waals surface area contributed by atoms with Crippen LogP contribution in [0, 0.1) is 0 Å². The van der Waals surface area contributed by atoms with Crippen LogP contribution < -0.4 is 5.32 Å². The normalized spacial score (nSPS) is 10.8. The monoisotopic (exact) mass is 377 g/mol. The molecule has 0 aliphatic carbocycles. The van der Waals surface area contributed by atoms with Gasteiger partial charge in [-0.1, -0.05) is 30.0 Å². The number of hydrogen-bond acceptors (Lipinski definition) is 4. The van der Waals surface area contributed by atoms with Crippen LogP contribution in [0.3, 0.4) is 0 Å². The van der Waals surface area contributed by atoms with Crippen molar-refractivity contribution < 1.29 is 4.79 Å². The second-order valence-corrected chi connectivity index (χ2v) is 7.59. The Bertz CT molecular complexity index is 862. The van der Waals surface area contributed by atoms with Crippen LogP contribution in [0.15, 0.2) is 82.8 Å². The third-order valence-electron chi connectivity index (χ3n) is 4.04. The molecule has 27 heavy (non-hydrogen) atoms. The third kappa shape index (κ3) is 5.94. The topological polar surface area (TPSA) is 45.2 Å². The molecule has 0 aliphatic rings. The summed E-state index contributed by atoms with van der Waals surface area (Å²) in [5, 5.41) is 3.89. The fourth-order valence-electron chi connectivity index (χ4n) is 2.51. The molecule has 0 fully saturated rings. The first-order chi connectivity index (χ1) is 13.1. The molecular formula is C22H23N3OS. The van der Waals surface area contributed by atoms with E-state index < -0.39 is 0 Å². The summed E-state index contributed by atoms with van der Waals surface area (Å²) >= 11 is 1.57. The molecule has 0 aliphatic heterocycles. The van der Waals surface area contributed by atoms with Crippen molar-refractivity contribution in [1.82, 2.24) is 9.88 Å². The number of hydrogen-bond donors (Lipinski definition) is 1. The van der Waals surface area contributed by atoms with E-state index in [9.17, 15) is 4.79 Å². The molecule has 4 nitrogen and oxygen atoms in total. The Labute approximate surface area is 164 Å². The number of benzene rings is 2. The highest BCUT2D eigenvalue weighted by atomic mass is 32.2. The highest BCUT2D eigenvalue weighted by molar-refractivity contribution is 7.99. The van der Waals surface area contributed by atoms with Gasteiger partial charge in [-0.2, -0.15) is 0 Å². The number of nitrogens with one attached hydrogen (secondary N) is 1. The maximum Gasteiger partial charge on any atom is 0.255 e. The van der Waals surface area contributed by atoms with Crippen LogP contribution in [-0.4, -0.2) is 36.4 Å². The molecule has 0 bridgehead atoms. The highest BCUT2D eigenvalue weighted by Crippen LogP contribution is 2.25. The molecule has 0 radical (unpaired) electrons. The Balaban J connectivity index is 1.57. The van der Waals surface area contributed by atoms with Crippen LogP contribution in [0.1, 0.15) is 15.9 Å². The fourth-order valence-corrected chi connectivity index (χ4v) is 3.29. The van der Waals surface area contributed by atoms with Crippen LogP contribution in [0.2, 0.25) is 0 Å². The summed E-state index contributed by atoms with van der Waals surface area (Å²) in [7, 11) is 4.13.